The average molecular weight is 223 g/mol. The highest BCUT2D eigenvalue weighted by molar-refractivity contribution is 5.91. The van der Waals surface area contributed by atoms with E-state index in [0.29, 0.717) is 6.54 Å². The maximum absolute atomic E-state index is 11.6. The highest BCUT2D eigenvalue weighted by Gasteiger charge is 2.09. The fourth-order valence-corrected chi connectivity index (χ4v) is 1.25. The van der Waals surface area contributed by atoms with Gasteiger partial charge in [-0.25, -0.2) is 4.68 Å². The summed E-state index contributed by atoms with van der Waals surface area (Å²) >= 11 is 0. The first-order valence-corrected chi connectivity index (χ1v) is 5.44. The molecule has 0 saturated heterocycles. The Labute approximate surface area is 94.5 Å². The van der Waals surface area contributed by atoms with E-state index < -0.39 is 0 Å². The van der Waals surface area contributed by atoms with Crippen LogP contribution in [-0.4, -0.2) is 22.2 Å². The van der Waals surface area contributed by atoms with E-state index in [-0.39, 0.29) is 23.2 Å². The van der Waals surface area contributed by atoms with Crippen LogP contribution in [0.25, 0.3) is 0 Å². The van der Waals surface area contributed by atoms with Gasteiger partial charge in [0.1, 0.15) is 5.69 Å². The second-order valence-corrected chi connectivity index (χ2v) is 3.85. The Hall–Kier alpha value is -1.65. The highest BCUT2D eigenvalue weighted by atomic mass is 16.2. The molecular weight excluding hydrogens is 206 g/mol. The molecule has 5 heteroatoms. The fraction of sp³-hybridized carbons (Fsp3) is 0.545. The van der Waals surface area contributed by atoms with Crippen LogP contribution in [0, 0.1) is 0 Å². The first-order valence-electron chi connectivity index (χ1n) is 5.44. The predicted octanol–water partition coefficient (Wildman–Crippen LogP) is 0.964. The molecule has 1 aromatic heterocycles. The summed E-state index contributed by atoms with van der Waals surface area (Å²) in [6, 6.07) is 2.77. The van der Waals surface area contributed by atoms with Crippen molar-refractivity contribution < 1.29 is 4.79 Å². The third-order valence-corrected chi connectivity index (χ3v) is 2.08. The molecule has 88 valence electrons. The number of aromatic nitrogens is 2. The van der Waals surface area contributed by atoms with Gasteiger partial charge in [0, 0.05) is 12.6 Å². The van der Waals surface area contributed by atoms with Crippen LogP contribution in [0.2, 0.25) is 0 Å². The Balaban J connectivity index is 2.94. The molecule has 1 N–H and O–H groups in total. The van der Waals surface area contributed by atoms with Gasteiger partial charge in [0.15, 0.2) is 0 Å². The van der Waals surface area contributed by atoms with Gasteiger partial charge in [0.25, 0.3) is 11.5 Å². The summed E-state index contributed by atoms with van der Waals surface area (Å²) in [7, 11) is 0. The summed E-state index contributed by atoms with van der Waals surface area (Å²) in [5.41, 5.74) is 0.0868. The van der Waals surface area contributed by atoms with Gasteiger partial charge in [-0.2, -0.15) is 5.10 Å². The molecule has 1 rings (SSSR count). The third-order valence-electron chi connectivity index (χ3n) is 2.08. The minimum atomic E-state index is -0.240. The molecule has 1 aromatic rings. The van der Waals surface area contributed by atoms with Crippen molar-refractivity contribution in [2.45, 2.75) is 33.2 Å². The van der Waals surface area contributed by atoms with E-state index in [9.17, 15) is 9.59 Å². The summed E-state index contributed by atoms with van der Waals surface area (Å²) < 4.78 is 1.31. The van der Waals surface area contributed by atoms with Gasteiger partial charge >= 0.3 is 0 Å². The topological polar surface area (TPSA) is 64.0 Å². The van der Waals surface area contributed by atoms with Crippen LogP contribution in [0.3, 0.4) is 0 Å². The summed E-state index contributed by atoms with van der Waals surface area (Å²) in [5.74, 6) is -0.240. The van der Waals surface area contributed by atoms with Crippen LogP contribution in [0.15, 0.2) is 16.9 Å². The molecular formula is C11H17N3O2. The van der Waals surface area contributed by atoms with E-state index in [0.717, 1.165) is 6.42 Å². The third kappa shape index (κ3) is 2.92. The van der Waals surface area contributed by atoms with Crippen molar-refractivity contribution in [3.05, 3.63) is 28.2 Å². The minimum absolute atomic E-state index is 0.0496. The first-order chi connectivity index (χ1) is 7.56. The van der Waals surface area contributed by atoms with Crippen molar-refractivity contribution in [1.82, 2.24) is 15.1 Å². The summed E-state index contributed by atoms with van der Waals surface area (Å²) in [5, 5.41) is 6.73. The molecule has 0 aliphatic rings. The summed E-state index contributed by atoms with van der Waals surface area (Å²) in [6.07, 6.45) is 0.871. The number of carbonyl (C=O) groups is 1. The number of amides is 1. The van der Waals surface area contributed by atoms with E-state index in [4.69, 9.17) is 0 Å². The van der Waals surface area contributed by atoms with Gasteiger partial charge < -0.3 is 5.32 Å². The van der Waals surface area contributed by atoms with Crippen LogP contribution in [-0.2, 0) is 0 Å². The number of nitrogens with zero attached hydrogens (tertiary/aromatic N) is 2. The lowest BCUT2D eigenvalue weighted by molar-refractivity contribution is 0.0946. The number of hydrogen-bond donors (Lipinski definition) is 1. The van der Waals surface area contributed by atoms with E-state index in [1.165, 1.54) is 16.8 Å². The lowest BCUT2D eigenvalue weighted by Crippen LogP contribution is -2.30. The van der Waals surface area contributed by atoms with Crippen molar-refractivity contribution in [2.75, 3.05) is 6.54 Å². The zero-order valence-corrected chi connectivity index (χ0v) is 9.86. The lowest BCUT2D eigenvalue weighted by Gasteiger charge is -2.09. The predicted molar refractivity (Wildman–Crippen MR) is 61.5 cm³/mol. The SMILES string of the molecule is CCCNC(=O)c1ccc(=O)n(C(C)C)n1. The van der Waals surface area contributed by atoms with Gasteiger partial charge in [-0.15, -0.1) is 0 Å². The quantitative estimate of drug-likeness (QED) is 0.827. The molecule has 0 aromatic carbocycles. The lowest BCUT2D eigenvalue weighted by atomic mass is 10.3. The molecule has 0 atom stereocenters. The van der Waals surface area contributed by atoms with Crippen LogP contribution < -0.4 is 10.9 Å². The number of hydrogen-bond acceptors (Lipinski definition) is 3. The van der Waals surface area contributed by atoms with Gasteiger partial charge in [-0.1, -0.05) is 6.92 Å². The molecule has 0 unspecified atom stereocenters. The molecule has 16 heavy (non-hydrogen) atoms. The Morgan fingerprint density at radius 2 is 2.19 bits per heavy atom. The van der Waals surface area contributed by atoms with Crippen LogP contribution in [0.5, 0.6) is 0 Å². The molecule has 0 fully saturated rings. The van der Waals surface area contributed by atoms with E-state index >= 15 is 0 Å². The molecule has 0 saturated carbocycles. The van der Waals surface area contributed by atoms with Gasteiger partial charge in [-0.05, 0) is 26.3 Å². The smallest absolute Gasteiger partial charge is 0.271 e. The maximum atomic E-state index is 11.6. The zero-order chi connectivity index (χ0) is 12.1. The second kappa shape index (κ2) is 5.44. The minimum Gasteiger partial charge on any atom is -0.351 e. The van der Waals surface area contributed by atoms with Crippen molar-refractivity contribution in [2.24, 2.45) is 0 Å². The van der Waals surface area contributed by atoms with Crippen molar-refractivity contribution in [1.29, 1.82) is 0 Å². The van der Waals surface area contributed by atoms with Gasteiger partial charge in [0.2, 0.25) is 0 Å². The van der Waals surface area contributed by atoms with E-state index in [1.807, 2.05) is 20.8 Å². The first kappa shape index (κ1) is 12.4. The van der Waals surface area contributed by atoms with Gasteiger partial charge in [-0.3, -0.25) is 9.59 Å². The Morgan fingerprint density at radius 1 is 1.50 bits per heavy atom. The maximum Gasteiger partial charge on any atom is 0.271 e. The highest BCUT2D eigenvalue weighted by Crippen LogP contribution is 1.98. The molecule has 0 spiro atoms. The fourth-order valence-electron chi connectivity index (χ4n) is 1.25. The molecule has 0 radical (unpaired) electrons. The van der Waals surface area contributed by atoms with E-state index in [2.05, 4.69) is 10.4 Å². The standard InChI is InChI=1S/C11H17N3O2/c1-4-7-12-11(16)9-5-6-10(15)14(13-9)8(2)3/h5-6,8H,4,7H2,1-3H3,(H,12,16). The van der Waals surface area contributed by atoms with E-state index in [1.54, 1.807) is 0 Å². The summed E-state index contributed by atoms with van der Waals surface area (Å²) in [4.78, 5) is 23.0. The van der Waals surface area contributed by atoms with Crippen molar-refractivity contribution in [3.63, 3.8) is 0 Å². The second-order valence-electron chi connectivity index (χ2n) is 3.85. The number of carbonyl (C=O) groups excluding carboxylic acids is 1. The number of rotatable bonds is 4. The molecule has 0 aliphatic heterocycles. The Morgan fingerprint density at radius 3 is 2.75 bits per heavy atom. The van der Waals surface area contributed by atoms with Gasteiger partial charge in [0.05, 0.1) is 6.04 Å². The van der Waals surface area contributed by atoms with Crippen LogP contribution in [0.1, 0.15) is 43.7 Å². The Kier molecular flexibility index (Phi) is 4.22. The number of nitrogens with one attached hydrogen (secondary N) is 1. The molecule has 0 bridgehead atoms. The molecule has 5 nitrogen and oxygen atoms in total. The van der Waals surface area contributed by atoms with Crippen LogP contribution in [0.4, 0.5) is 0 Å². The molecule has 1 heterocycles. The average Bonchev–Trinajstić information content (AvgIpc) is 2.26. The van der Waals surface area contributed by atoms with Crippen LogP contribution >= 0.6 is 0 Å². The molecule has 0 aliphatic carbocycles. The zero-order valence-electron chi connectivity index (χ0n) is 9.86. The summed E-state index contributed by atoms with van der Waals surface area (Å²) in [6.45, 7) is 6.29. The van der Waals surface area contributed by atoms with Crippen molar-refractivity contribution in [3.8, 4) is 0 Å². The van der Waals surface area contributed by atoms with Crippen molar-refractivity contribution >= 4 is 5.91 Å². The molecule has 1 amide bonds. The monoisotopic (exact) mass is 223 g/mol. The Bertz CT molecular complexity index is 423. The largest absolute Gasteiger partial charge is 0.351 e. The normalized spacial score (nSPS) is 10.5.